The van der Waals surface area contributed by atoms with E-state index in [-0.39, 0.29) is 30.4 Å². The van der Waals surface area contributed by atoms with E-state index in [1.165, 1.54) is 17.2 Å². The Kier molecular flexibility index (Phi) is 4.03. The van der Waals surface area contributed by atoms with Gasteiger partial charge in [0.1, 0.15) is 29.5 Å². The molecule has 3 aromatic heterocycles. The lowest BCUT2D eigenvalue weighted by Crippen LogP contribution is -2.38. The molecule has 0 saturated carbocycles. The number of carbonyl (C=O) groups excluding carboxylic acids is 1. The average molecular weight is 417 g/mol. The second kappa shape index (κ2) is 6.52. The van der Waals surface area contributed by atoms with Crippen LogP contribution in [-0.4, -0.2) is 34.0 Å². The van der Waals surface area contributed by atoms with Crippen LogP contribution in [0.1, 0.15) is 27.3 Å². The molecule has 5 heterocycles. The Morgan fingerprint density at radius 1 is 1.17 bits per heavy atom. The largest absolute Gasteiger partial charge is 0.474 e. The molecule has 0 fully saturated rings. The summed E-state index contributed by atoms with van der Waals surface area (Å²) in [6, 6.07) is 3.60. The number of anilines is 2. The number of nitrogens with zero attached hydrogens (tertiary/aromatic N) is 4. The van der Waals surface area contributed by atoms with Crippen LogP contribution in [0.4, 0.5) is 24.7 Å². The molecule has 2 aliphatic heterocycles. The van der Waals surface area contributed by atoms with E-state index in [2.05, 4.69) is 15.0 Å². The number of hydrogen-bond acceptors (Lipinski definition) is 7. The molecule has 1 amide bonds. The molecule has 0 bridgehead atoms. The molecule has 3 aromatic rings. The number of nitrogen functional groups attached to an aromatic ring is 1. The molecule has 11 heteroatoms. The number of rotatable bonds is 1. The lowest BCUT2D eigenvalue weighted by atomic mass is 10.1. The second-order valence-corrected chi connectivity index (χ2v) is 6.86. The highest BCUT2D eigenvalue weighted by molar-refractivity contribution is 6.07. The summed E-state index contributed by atoms with van der Waals surface area (Å²) < 4.78 is 49.5. The minimum atomic E-state index is -4.61. The van der Waals surface area contributed by atoms with Crippen LogP contribution >= 0.6 is 0 Å². The molecule has 0 saturated heterocycles. The number of alkyl halides is 3. The fourth-order valence-electron chi connectivity index (χ4n) is 3.60. The lowest BCUT2D eigenvalue weighted by Gasteiger charge is -2.28. The van der Waals surface area contributed by atoms with Gasteiger partial charge in [-0.15, -0.1) is 0 Å². The zero-order valence-corrected chi connectivity index (χ0v) is 15.4. The van der Waals surface area contributed by atoms with Crippen molar-refractivity contribution in [3.63, 3.8) is 0 Å². The van der Waals surface area contributed by atoms with Crippen LogP contribution in [0.15, 0.2) is 24.4 Å². The Morgan fingerprint density at radius 3 is 2.77 bits per heavy atom. The topological polar surface area (TPSA) is 103 Å². The lowest BCUT2D eigenvalue weighted by molar-refractivity contribution is -0.141. The van der Waals surface area contributed by atoms with E-state index in [1.807, 2.05) is 0 Å². The molecule has 0 spiro atoms. The number of ether oxygens (including phenoxy) is 2. The number of aromatic nitrogens is 3. The van der Waals surface area contributed by atoms with Crippen molar-refractivity contribution in [2.24, 2.45) is 0 Å². The zero-order valence-electron chi connectivity index (χ0n) is 15.4. The molecule has 30 heavy (non-hydrogen) atoms. The molecule has 0 aliphatic carbocycles. The minimum absolute atomic E-state index is 0.0158. The minimum Gasteiger partial charge on any atom is -0.474 e. The molecular formula is C19H14F3N5O3. The highest BCUT2D eigenvalue weighted by Crippen LogP contribution is 2.36. The van der Waals surface area contributed by atoms with Crippen molar-refractivity contribution < 1.29 is 27.4 Å². The number of nitrogens with two attached hydrogens (primary N) is 1. The van der Waals surface area contributed by atoms with Crippen LogP contribution in [0.2, 0.25) is 0 Å². The first-order valence-corrected chi connectivity index (χ1v) is 9.00. The molecule has 2 N–H and O–H groups in total. The standard InChI is InChI=1S/C19H14F3N5O3/c20-19(21,22)15-2-1-14-17(26-15)30-4-3-27(14)18(28)12-5-9-10-7-29-8-11(10)16(23)25-13(9)6-24-12/h1-2,5-6H,3-4,7-8H2,(H2,23,25). The molecule has 0 radical (unpaired) electrons. The Balaban J connectivity index is 1.55. The maximum absolute atomic E-state index is 13.1. The quantitative estimate of drug-likeness (QED) is 0.649. The van der Waals surface area contributed by atoms with E-state index in [1.54, 1.807) is 6.07 Å². The zero-order chi connectivity index (χ0) is 21.0. The first kappa shape index (κ1) is 18.6. The molecular weight excluding hydrogens is 403 g/mol. The molecule has 0 atom stereocenters. The summed E-state index contributed by atoms with van der Waals surface area (Å²) in [6.07, 6.45) is -3.16. The van der Waals surface area contributed by atoms with Crippen molar-refractivity contribution in [3.05, 3.63) is 46.9 Å². The van der Waals surface area contributed by atoms with Crippen LogP contribution in [0, 0.1) is 0 Å². The van der Waals surface area contributed by atoms with Gasteiger partial charge in [-0.05, 0) is 23.8 Å². The van der Waals surface area contributed by atoms with Gasteiger partial charge in [-0.2, -0.15) is 13.2 Å². The van der Waals surface area contributed by atoms with Crippen LogP contribution in [0.5, 0.6) is 5.88 Å². The third kappa shape index (κ3) is 2.89. The predicted molar refractivity (Wildman–Crippen MR) is 98.9 cm³/mol. The summed E-state index contributed by atoms with van der Waals surface area (Å²) in [6.45, 7) is 0.863. The molecule has 0 unspecified atom stereocenters. The Hall–Kier alpha value is -3.47. The Morgan fingerprint density at radius 2 is 1.97 bits per heavy atom. The summed E-state index contributed by atoms with van der Waals surface area (Å²) in [4.78, 5) is 26.4. The fourth-order valence-corrected chi connectivity index (χ4v) is 3.60. The van der Waals surface area contributed by atoms with Crippen LogP contribution in [0.3, 0.4) is 0 Å². The van der Waals surface area contributed by atoms with Gasteiger partial charge in [-0.1, -0.05) is 0 Å². The van der Waals surface area contributed by atoms with Gasteiger partial charge in [0.05, 0.1) is 31.5 Å². The van der Waals surface area contributed by atoms with Crippen LogP contribution in [0.25, 0.3) is 10.9 Å². The van der Waals surface area contributed by atoms with Gasteiger partial charge in [0.25, 0.3) is 5.91 Å². The first-order chi connectivity index (χ1) is 14.3. The highest BCUT2D eigenvalue weighted by atomic mass is 19.4. The van der Waals surface area contributed by atoms with Gasteiger partial charge < -0.3 is 15.2 Å². The highest BCUT2D eigenvalue weighted by Gasteiger charge is 2.35. The molecule has 8 nitrogen and oxygen atoms in total. The first-order valence-electron chi connectivity index (χ1n) is 9.00. The van der Waals surface area contributed by atoms with Gasteiger partial charge in [-0.25, -0.2) is 15.0 Å². The normalized spacial score (nSPS) is 15.6. The number of amides is 1. The summed E-state index contributed by atoms with van der Waals surface area (Å²) >= 11 is 0. The average Bonchev–Trinajstić information content (AvgIpc) is 3.22. The Bertz CT molecular complexity index is 1200. The number of hydrogen-bond donors (Lipinski definition) is 1. The number of halogens is 3. The van der Waals surface area contributed by atoms with Crippen molar-refractivity contribution >= 4 is 28.3 Å². The van der Waals surface area contributed by atoms with Crippen molar-refractivity contribution in [3.8, 4) is 5.88 Å². The summed E-state index contributed by atoms with van der Waals surface area (Å²) in [5.41, 5.74) is 7.32. The van der Waals surface area contributed by atoms with Crippen molar-refractivity contribution in [1.29, 1.82) is 0 Å². The van der Waals surface area contributed by atoms with Crippen molar-refractivity contribution in [2.75, 3.05) is 23.8 Å². The smallest absolute Gasteiger partial charge is 0.433 e. The van der Waals surface area contributed by atoms with E-state index < -0.39 is 17.8 Å². The molecule has 5 rings (SSSR count). The summed E-state index contributed by atoms with van der Waals surface area (Å²) in [5, 5.41) is 0.703. The van der Waals surface area contributed by atoms with Crippen molar-refractivity contribution in [2.45, 2.75) is 19.4 Å². The van der Waals surface area contributed by atoms with Gasteiger partial charge in [0.15, 0.2) is 0 Å². The van der Waals surface area contributed by atoms with Crippen LogP contribution in [-0.2, 0) is 24.1 Å². The van der Waals surface area contributed by atoms with Crippen LogP contribution < -0.4 is 15.4 Å². The molecule has 154 valence electrons. The number of carbonyl (C=O) groups is 1. The Labute approximate surface area is 167 Å². The van der Waals surface area contributed by atoms with E-state index >= 15 is 0 Å². The maximum atomic E-state index is 13.1. The second-order valence-electron chi connectivity index (χ2n) is 6.86. The number of pyridine rings is 3. The van der Waals surface area contributed by atoms with E-state index in [4.69, 9.17) is 15.2 Å². The van der Waals surface area contributed by atoms with Gasteiger partial charge in [0.2, 0.25) is 5.88 Å². The van der Waals surface area contributed by atoms with Gasteiger partial charge in [0, 0.05) is 10.9 Å². The summed E-state index contributed by atoms with van der Waals surface area (Å²) in [5.74, 6) is -0.356. The van der Waals surface area contributed by atoms with E-state index in [0.717, 1.165) is 17.2 Å². The summed E-state index contributed by atoms with van der Waals surface area (Å²) in [7, 11) is 0. The molecule has 0 aromatic carbocycles. The maximum Gasteiger partial charge on any atom is 0.433 e. The third-order valence-electron chi connectivity index (χ3n) is 5.05. The predicted octanol–water partition coefficient (Wildman–Crippen LogP) is 2.70. The SMILES string of the molecule is Nc1nc2cnc(C(=O)N3CCOc4nc(C(F)(F)F)ccc43)cc2c2c1COC2. The molecule has 2 aliphatic rings. The van der Waals surface area contributed by atoms with E-state index in [9.17, 15) is 18.0 Å². The van der Waals surface area contributed by atoms with Gasteiger partial charge >= 0.3 is 6.18 Å². The fraction of sp³-hybridized carbons (Fsp3) is 0.263. The monoisotopic (exact) mass is 417 g/mol. The van der Waals surface area contributed by atoms with E-state index in [0.29, 0.717) is 29.9 Å². The third-order valence-corrected chi connectivity index (χ3v) is 5.05. The number of fused-ring (bicyclic) bond motifs is 4. The van der Waals surface area contributed by atoms with Gasteiger partial charge in [-0.3, -0.25) is 9.69 Å². The van der Waals surface area contributed by atoms with Crippen molar-refractivity contribution in [1.82, 2.24) is 15.0 Å².